The van der Waals surface area contributed by atoms with Crippen LogP contribution in [-0.2, 0) is 10.0 Å². The van der Waals surface area contributed by atoms with E-state index in [1.54, 1.807) is 12.1 Å². The lowest BCUT2D eigenvalue weighted by Crippen LogP contribution is -2.34. The summed E-state index contributed by atoms with van der Waals surface area (Å²) in [5.74, 6) is -0.325. The molecule has 1 aromatic carbocycles. The fraction of sp³-hybridized carbons (Fsp3) is 0.455. The Labute approximate surface area is 101 Å². The van der Waals surface area contributed by atoms with Gasteiger partial charge in [0.05, 0.1) is 6.26 Å². The van der Waals surface area contributed by atoms with E-state index in [1.165, 1.54) is 12.1 Å². The summed E-state index contributed by atoms with van der Waals surface area (Å²) >= 11 is 0. The molecule has 0 fully saturated rings. The molecule has 0 radical (unpaired) electrons. The first-order chi connectivity index (χ1) is 7.79. The molecule has 6 heteroatoms. The van der Waals surface area contributed by atoms with Gasteiger partial charge in [-0.2, -0.15) is 0 Å². The summed E-state index contributed by atoms with van der Waals surface area (Å²) < 4.78 is 37.6. The molecule has 0 aliphatic carbocycles. The van der Waals surface area contributed by atoms with E-state index in [9.17, 15) is 12.8 Å². The van der Waals surface area contributed by atoms with Crippen molar-refractivity contribution in [3.8, 4) is 0 Å². The van der Waals surface area contributed by atoms with Crippen LogP contribution in [0.4, 0.5) is 4.39 Å². The Morgan fingerprint density at radius 2 is 2.06 bits per heavy atom. The first-order valence-electron chi connectivity index (χ1n) is 5.16. The van der Waals surface area contributed by atoms with Gasteiger partial charge in [0.2, 0.25) is 10.0 Å². The smallest absolute Gasteiger partial charge is 0.208 e. The highest BCUT2D eigenvalue weighted by molar-refractivity contribution is 7.88. The molecule has 0 aliphatic rings. The normalized spacial score (nSPS) is 13.9. The van der Waals surface area contributed by atoms with Crippen molar-refractivity contribution in [1.29, 1.82) is 0 Å². The third-order valence-corrected chi connectivity index (χ3v) is 3.09. The van der Waals surface area contributed by atoms with Crippen molar-refractivity contribution in [2.24, 2.45) is 0 Å². The van der Waals surface area contributed by atoms with Gasteiger partial charge in [-0.05, 0) is 31.8 Å². The number of hydrogen-bond acceptors (Lipinski definition) is 3. The summed E-state index contributed by atoms with van der Waals surface area (Å²) in [6, 6.07) is 5.97. The quantitative estimate of drug-likeness (QED) is 0.858. The van der Waals surface area contributed by atoms with Gasteiger partial charge in [-0.1, -0.05) is 12.1 Å². The maximum absolute atomic E-state index is 13.1. The summed E-state index contributed by atoms with van der Waals surface area (Å²) in [5, 5.41) is 0. The summed E-state index contributed by atoms with van der Waals surface area (Å²) in [6.07, 6.45) is 1.10. The third kappa shape index (κ3) is 4.80. The second kappa shape index (κ2) is 5.57. The predicted octanol–water partition coefficient (Wildman–Crippen LogP) is 0.978. The van der Waals surface area contributed by atoms with E-state index in [2.05, 4.69) is 4.72 Å². The lowest BCUT2D eigenvalue weighted by atomic mass is 10.1. The molecule has 1 N–H and O–H groups in total. The average molecular weight is 260 g/mol. The van der Waals surface area contributed by atoms with E-state index in [1.807, 2.05) is 19.0 Å². The zero-order valence-electron chi connectivity index (χ0n) is 10.1. The van der Waals surface area contributed by atoms with E-state index >= 15 is 0 Å². The molecule has 0 amide bonds. The van der Waals surface area contributed by atoms with Gasteiger partial charge in [0.15, 0.2) is 0 Å². The third-order valence-electron chi connectivity index (χ3n) is 2.40. The van der Waals surface area contributed by atoms with Gasteiger partial charge in [-0.3, -0.25) is 0 Å². The molecule has 0 spiro atoms. The Morgan fingerprint density at radius 1 is 1.41 bits per heavy atom. The molecule has 96 valence electrons. The van der Waals surface area contributed by atoms with Crippen LogP contribution in [0.15, 0.2) is 24.3 Å². The second-order valence-electron chi connectivity index (χ2n) is 4.16. The van der Waals surface area contributed by atoms with Crippen molar-refractivity contribution in [2.75, 3.05) is 26.9 Å². The summed E-state index contributed by atoms with van der Waals surface area (Å²) in [4.78, 5) is 1.84. The van der Waals surface area contributed by atoms with Gasteiger partial charge in [0.25, 0.3) is 0 Å². The minimum Gasteiger partial charge on any atom is -0.301 e. The van der Waals surface area contributed by atoms with Crippen molar-refractivity contribution in [3.63, 3.8) is 0 Å². The molecule has 1 rings (SSSR count). The van der Waals surface area contributed by atoms with Crippen molar-refractivity contribution in [3.05, 3.63) is 35.6 Å². The molecule has 0 aliphatic heterocycles. The fourth-order valence-corrected chi connectivity index (χ4v) is 2.00. The topological polar surface area (TPSA) is 49.4 Å². The van der Waals surface area contributed by atoms with Crippen LogP contribution in [0.3, 0.4) is 0 Å². The van der Waals surface area contributed by atoms with Crippen LogP contribution in [0.5, 0.6) is 0 Å². The highest BCUT2D eigenvalue weighted by atomic mass is 32.2. The fourth-order valence-electron chi connectivity index (χ4n) is 1.54. The Kier molecular flexibility index (Phi) is 4.62. The van der Waals surface area contributed by atoms with Crippen molar-refractivity contribution in [1.82, 2.24) is 9.62 Å². The number of likely N-dealkylation sites (N-methyl/N-ethyl adjacent to an activating group) is 1. The first kappa shape index (κ1) is 14.1. The van der Waals surface area contributed by atoms with E-state index in [-0.39, 0.29) is 18.4 Å². The van der Waals surface area contributed by atoms with Gasteiger partial charge in [0, 0.05) is 12.6 Å². The van der Waals surface area contributed by atoms with Crippen molar-refractivity contribution in [2.45, 2.75) is 6.04 Å². The number of hydrogen-bond donors (Lipinski definition) is 1. The number of rotatable bonds is 5. The number of sulfonamides is 1. The molecule has 17 heavy (non-hydrogen) atoms. The highest BCUT2D eigenvalue weighted by Gasteiger charge is 2.16. The van der Waals surface area contributed by atoms with Crippen molar-refractivity contribution >= 4 is 10.0 Å². The molecular weight excluding hydrogens is 243 g/mol. The van der Waals surface area contributed by atoms with Gasteiger partial charge < -0.3 is 4.90 Å². The number of benzene rings is 1. The molecule has 0 heterocycles. The Balaban J connectivity index is 2.87. The number of nitrogens with one attached hydrogen (secondary N) is 1. The monoisotopic (exact) mass is 260 g/mol. The number of halogens is 1. The van der Waals surface area contributed by atoms with Crippen LogP contribution in [0.1, 0.15) is 11.6 Å². The SMILES string of the molecule is CN(C)C(CNS(C)(=O)=O)c1cccc(F)c1. The maximum Gasteiger partial charge on any atom is 0.208 e. The van der Waals surface area contributed by atoms with Crippen LogP contribution < -0.4 is 4.72 Å². The predicted molar refractivity (Wildman–Crippen MR) is 65.7 cm³/mol. The molecule has 0 bridgehead atoms. The van der Waals surface area contributed by atoms with Gasteiger partial charge in [0.1, 0.15) is 5.82 Å². The van der Waals surface area contributed by atoms with Crippen LogP contribution >= 0.6 is 0 Å². The van der Waals surface area contributed by atoms with Crippen molar-refractivity contribution < 1.29 is 12.8 Å². The van der Waals surface area contributed by atoms with Gasteiger partial charge in [-0.25, -0.2) is 17.5 Å². The van der Waals surface area contributed by atoms with Crippen LogP contribution in [-0.4, -0.2) is 40.2 Å². The molecule has 0 saturated carbocycles. The van der Waals surface area contributed by atoms with Gasteiger partial charge in [-0.15, -0.1) is 0 Å². The van der Waals surface area contributed by atoms with E-state index in [0.29, 0.717) is 0 Å². The molecular formula is C11H17FN2O2S. The zero-order chi connectivity index (χ0) is 13.1. The molecule has 0 aromatic heterocycles. The lowest BCUT2D eigenvalue weighted by molar-refractivity contribution is 0.299. The Bertz CT molecular complexity index is 474. The minimum atomic E-state index is -3.24. The Hall–Kier alpha value is -0.980. The van der Waals surface area contributed by atoms with Crippen LogP contribution in [0, 0.1) is 5.82 Å². The number of nitrogens with zero attached hydrogens (tertiary/aromatic N) is 1. The second-order valence-corrected chi connectivity index (χ2v) is 5.99. The van der Waals surface area contributed by atoms with Crippen LogP contribution in [0.2, 0.25) is 0 Å². The molecule has 1 atom stereocenters. The van der Waals surface area contributed by atoms with E-state index in [4.69, 9.17) is 0 Å². The average Bonchev–Trinajstić information content (AvgIpc) is 2.15. The van der Waals surface area contributed by atoms with Crippen LogP contribution in [0.25, 0.3) is 0 Å². The summed E-state index contributed by atoms with van der Waals surface area (Å²) in [5.41, 5.74) is 0.742. The molecule has 1 unspecified atom stereocenters. The van der Waals surface area contributed by atoms with Gasteiger partial charge >= 0.3 is 0 Å². The first-order valence-corrected chi connectivity index (χ1v) is 7.05. The zero-order valence-corrected chi connectivity index (χ0v) is 11.0. The summed E-state index contributed by atoms with van der Waals surface area (Å²) in [6.45, 7) is 0.218. The summed E-state index contributed by atoms with van der Waals surface area (Å²) in [7, 11) is 0.397. The minimum absolute atomic E-state index is 0.194. The van der Waals surface area contributed by atoms with E-state index in [0.717, 1.165) is 11.8 Å². The highest BCUT2D eigenvalue weighted by Crippen LogP contribution is 2.18. The maximum atomic E-state index is 13.1. The molecule has 4 nitrogen and oxygen atoms in total. The Morgan fingerprint density at radius 3 is 2.53 bits per heavy atom. The lowest BCUT2D eigenvalue weighted by Gasteiger charge is -2.24. The molecule has 1 aromatic rings. The molecule has 0 saturated heterocycles. The standard InChI is InChI=1S/C11H17FN2O2S/c1-14(2)11(8-13-17(3,15)16)9-5-4-6-10(12)7-9/h4-7,11,13H,8H2,1-3H3. The van der Waals surface area contributed by atoms with E-state index < -0.39 is 10.0 Å². The largest absolute Gasteiger partial charge is 0.301 e.